The fraction of sp³-hybridized carbons (Fsp3) is 0.250. The molecule has 0 spiro atoms. The molecule has 1 amide bonds. The maximum Gasteiger partial charge on any atom is 0.331 e. The Morgan fingerprint density at radius 3 is 2.79 bits per heavy atom. The van der Waals surface area contributed by atoms with Crippen LogP contribution in [0, 0.1) is 0 Å². The van der Waals surface area contributed by atoms with E-state index in [1.54, 1.807) is 12.1 Å². The van der Waals surface area contributed by atoms with Gasteiger partial charge in [-0.2, -0.15) is 8.78 Å². The number of carbonyl (C=O) groups is 1. The molecular weight excluding hydrogens is 192 g/mol. The second-order valence-electron chi connectivity index (χ2n) is 2.68. The van der Waals surface area contributed by atoms with Gasteiger partial charge in [0.15, 0.2) is 0 Å². The number of alkyl halides is 2. The maximum absolute atomic E-state index is 13.0. The van der Waals surface area contributed by atoms with Crippen LogP contribution < -0.4 is 11.3 Å². The lowest BCUT2D eigenvalue weighted by Gasteiger charge is -2.13. The smallest absolute Gasteiger partial charge is 0.289 e. The fourth-order valence-electron chi connectivity index (χ4n) is 0.916. The van der Waals surface area contributed by atoms with Gasteiger partial charge >= 0.3 is 11.8 Å². The van der Waals surface area contributed by atoms with Crippen LogP contribution in [0.4, 0.5) is 8.78 Å². The van der Waals surface area contributed by atoms with Gasteiger partial charge in [0.25, 0.3) is 0 Å². The van der Waals surface area contributed by atoms with Gasteiger partial charge in [0, 0.05) is 11.9 Å². The summed E-state index contributed by atoms with van der Waals surface area (Å²) in [7, 11) is 0. The van der Waals surface area contributed by atoms with Crippen molar-refractivity contribution in [1.29, 1.82) is 0 Å². The summed E-state index contributed by atoms with van der Waals surface area (Å²) in [6.07, 6.45) is 0.628. The van der Waals surface area contributed by atoms with Gasteiger partial charge in [-0.1, -0.05) is 6.07 Å². The van der Waals surface area contributed by atoms with Crippen molar-refractivity contribution in [2.24, 2.45) is 5.84 Å². The van der Waals surface area contributed by atoms with Gasteiger partial charge in [-0.15, -0.1) is 0 Å². The standard InChI is InChI=1S/C8H9F2N3O/c9-8(10,7(14)13-11)5-6-3-1-2-4-12-6/h1-4H,5,11H2,(H,13,14). The Bertz CT molecular complexity index is 316. The molecule has 1 heterocycles. The van der Waals surface area contributed by atoms with Gasteiger partial charge < -0.3 is 0 Å². The molecule has 0 saturated carbocycles. The van der Waals surface area contributed by atoms with Crippen LogP contribution in [0.3, 0.4) is 0 Å². The van der Waals surface area contributed by atoms with E-state index in [9.17, 15) is 13.6 Å². The second kappa shape index (κ2) is 4.10. The number of nitrogens with two attached hydrogens (primary N) is 1. The molecule has 0 aliphatic carbocycles. The molecule has 0 aromatic carbocycles. The van der Waals surface area contributed by atoms with Gasteiger partial charge in [0.2, 0.25) is 0 Å². The fourth-order valence-corrected chi connectivity index (χ4v) is 0.916. The number of rotatable bonds is 3. The van der Waals surface area contributed by atoms with E-state index in [4.69, 9.17) is 0 Å². The quantitative estimate of drug-likeness (QED) is 0.418. The third-order valence-electron chi connectivity index (χ3n) is 1.59. The normalized spacial score (nSPS) is 11.1. The van der Waals surface area contributed by atoms with Crippen molar-refractivity contribution in [2.45, 2.75) is 12.3 Å². The van der Waals surface area contributed by atoms with Gasteiger partial charge in [0.05, 0.1) is 6.42 Å². The number of nitrogens with zero attached hydrogens (tertiary/aromatic N) is 1. The second-order valence-corrected chi connectivity index (χ2v) is 2.68. The lowest BCUT2D eigenvalue weighted by Crippen LogP contribution is -2.45. The van der Waals surface area contributed by atoms with E-state index in [1.165, 1.54) is 17.7 Å². The van der Waals surface area contributed by atoms with Crippen LogP contribution in [0.5, 0.6) is 0 Å². The molecule has 0 atom stereocenters. The molecule has 14 heavy (non-hydrogen) atoms. The highest BCUT2D eigenvalue weighted by molar-refractivity contribution is 5.82. The number of hydrazine groups is 1. The van der Waals surface area contributed by atoms with Crippen molar-refractivity contribution in [3.63, 3.8) is 0 Å². The monoisotopic (exact) mass is 201 g/mol. The summed E-state index contributed by atoms with van der Waals surface area (Å²) < 4.78 is 25.9. The van der Waals surface area contributed by atoms with E-state index < -0.39 is 18.3 Å². The van der Waals surface area contributed by atoms with E-state index >= 15 is 0 Å². The molecule has 0 unspecified atom stereocenters. The predicted octanol–water partition coefficient (Wildman–Crippen LogP) is 0.249. The van der Waals surface area contributed by atoms with E-state index in [0.717, 1.165) is 0 Å². The Labute approximate surface area is 79.1 Å². The highest BCUT2D eigenvalue weighted by atomic mass is 19.3. The largest absolute Gasteiger partial charge is 0.331 e. The zero-order chi connectivity index (χ0) is 10.6. The van der Waals surface area contributed by atoms with Crippen LogP contribution in [0.2, 0.25) is 0 Å². The Balaban J connectivity index is 2.73. The Morgan fingerprint density at radius 1 is 1.57 bits per heavy atom. The number of hydrogen-bond donors (Lipinski definition) is 2. The Kier molecular flexibility index (Phi) is 3.08. The molecule has 3 N–H and O–H groups in total. The molecule has 1 aromatic heterocycles. The number of aromatic nitrogens is 1. The number of amides is 1. The molecule has 0 aliphatic heterocycles. The van der Waals surface area contributed by atoms with Crippen LogP contribution >= 0.6 is 0 Å². The van der Waals surface area contributed by atoms with Crippen LogP contribution in [-0.2, 0) is 11.2 Å². The molecule has 1 aromatic rings. The van der Waals surface area contributed by atoms with Gasteiger partial charge in [-0.25, -0.2) is 5.84 Å². The first-order valence-electron chi connectivity index (χ1n) is 3.85. The minimum absolute atomic E-state index is 0.140. The average Bonchev–Trinajstić information content (AvgIpc) is 2.17. The maximum atomic E-state index is 13.0. The summed E-state index contributed by atoms with van der Waals surface area (Å²) in [5.41, 5.74) is 1.55. The third kappa shape index (κ3) is 2.46. The summed E-state index contributed by atoms with van der Waals surface area (Å²) in [6, 6.07) is 4.58. The molecule has 0 aliphatic rings. The highest BCUT2D eigenvalue weighted by Crippen LogP contribution is 2.18. The van der Waals surface area contributed by atoms with E-state index in [-0.39, 0.29) is 5.69 Å². The molecule has 0 fully saturated rings. The van der Waals surface area contributed by atoms with Crippen molar-refractivity contribution in [3.8, 4) is 0 Å². The molecular formula is C8H9F2N3O. The van der Waals surface area contributed by atoms with Crippen LogP contribution in [0.25, 0.3) is 0 Å². The first-order chi connectivity index (χ1) is 6.56. The van der Waals surface area contributed by atoms with E-state index in [0.29, 0.717) is 0 Å². The highest BCUT2D eigenvalue weighted by Gasteiger charge is 2.38. The number of hydrogen-bond acceptors (Lipinski definition) is 3. The molecule has 0 saturated heterocycles. The average molecular weight is 201 g/mol. The molecule has 4 nitrogen and oxygen atoms in total. The number of pyridine rings is 1. The predicted molar refractivity (Wildman–Crippen MR) is 45.2 cm³/mol. The van der Waals surface area contributed by atoms with E-state index in [2.05, 4.69) is 10.8 Å². The lowest BCUT2D eigenvalue weighted by atomic mass is 10.1. The molecule has 0 radical (unpaired) electrons. The minimum Gasteiger partial charge on any atom is -0.289 e. The van der Waals surface area contributed by atoms with Crippen LogP contribution in [-0.4, -0.2) is 16.8 Å². The van der Waals surface area contributed by atoms with Crippen LogP contribution in [0.1, 0.15) is 5.69 Å². The van der Waals surface area contributed by atoms with Gasteiger partial charge in [0.1, 0.15) is 0 Å². The molecule has 6 heteroatoms. The van der Waals surface area contributed by atoms with Gasteiger partial charge in [-0.05, 0) is 12.1 Å². The Morgan fingerprint density at radius 2 is 2.29 bits per heavy atom. The van der Waals surface area contributed by atoms with E-state index in [1.807, 2.05) is 0 Å². The first kappa shape index (κ1) is 10.5. The summed E-state index contributed by atoms with van der Waals surface area (Å²) in [5, 5.41) is 0. The zero-order valence-corrected chi connectivity index (χ0v) is 7.21. The summed E-state index contributed by atoms with van der Waals surface area (Å²) in [4.78, 5) is 14.3. The summed E-state index contributed by atoms with van der Waals surface area (Å²) >= 11 is 0. The molecule has 0 bridgehead atoms. The first-order valence-corrected chi connectivity index (χ1v) is 3.85. The van der Waals surface area contributed by atoms with Crippen molar-refractivity contribution in [3.05, 3.63) is 30.1 Å². The molecule has 76 valence electrons. The lowest BCUT2D eigenvalue weighted by molar-refractivity contribution is -0.145. The van der Waals surface area contributed by atoms with Crippen molar-refractivity contribution < 1.29 is 13.6 Å². The number of nitrogens with one attached hydrogen (secondary N) is 1. The van der Waals surface area contributed by atoms with Crippen molar-refractivity contribution in [2.75, 3.05) is 0 Å². The zero-order valence-electron chi connectivity index (χ0n) is 7.21. The SMILES string of the molecule is NNC(=O)C(F)(F)Cc1ccccn1. The van der Waals surface area contributed by atoms with Crippen molar-refractivity contribution in [1.82, 2.24) is 10.4 Å². The number of carbonyl (C=O) groups excluding carboxylic acids is 1. The van der Waals surface area contributed by atoms with Crippen LogP contribution in [0.15, 0.2) is 24.4 Å². The molecule has 1 rings (SSSR count). The topological polar surface area (TPSA) is 68.0 Å². The third-order valence-corrected chi connectivity index (χ3v) is 1.59. The summed E-state index contributed by atoms with van der Waals surface area (Å²) in [6.45, 7) is 0. The van der Waals surface area contributed by atoms with Gasteiger partial charge in [-0.3, -0.25) is 15.2 Å². The number of halogens is 2. The summed E-state index contributed by atoms with van der Waals surface area (Å²) in [5.74, 6) is -0.424. The minimum atomic E-state index is -3.52. The Hall–Kier alpha value is -1.56. The van der Waals surface area contributed by atoms with Crippen molar-refractivity contribution >= 4 is 5.91 Å².